The molecule has 2 fully saturated rings. The van der Waals surface area contributed by atoms with Gasteiger partial charge in [0.1, 0.15) is 11.8 Å². The molecule has 0 unspecified atom stereocenters. The van der Waals surface area contributed by atoms with Gasteiger partial charge in [0.05, 0.1) is 18.2 Å². The molecule has 0 bridgehead atoms. The zero-order valence-corrected chi connectivity index (χ0v) is 14.5. The number of nitrogens with zero attached hydrogens (tertiary/aromatic N) is 4. The van der Waals surface area contributed by atoms with Crippen molar-refractivity contribution in [3.8, 4) is 0 Å². The molecule has 0 radical (unpaired) electrons. The minimum absolute atomic E-state index is 0.00970. The molecule has 1 aliphatic heterocycles. The van der Waals surface area contributed by atoms with E-state index in [1.54, 1.807) is 18.7 Å². The number of carbonyl (C=O) groups excluding carboxylic acids is 1. The number of hydrogen-bond acceptors (Lipinski definition) is 7. The molecule has 2 aliphatic rings. The quantitative estimate of drug-likeness (QED) is 0.789. The van der Waals surface area contributed by atoms with E-state index in [0.717, 1.165) is 6.61 Å². The van der Waals surface area contributed by atoms with E-state index in [2.05, 4.69) is 15.3 Å². The van der Waals surface area contributed by atoms with Crippen LogP contribution in [0.2, 0.25) is 0 Å². The summed E-state index contributed by atoms with van der Waals surface area (Å²) in [6.45, 7) is 6.08. The summed E-state index contributed by atoms with van der Waals surface area (Å²) in [7, 11) is 0. The lowest BCUT2D eigenvalue weighted by Gasteiger charge is -2.15. The van der Waals surface area contributed by atoms with Gasteiger partial charge < -0.3 is 18.7 Å². The maximum atomic E-state index is 12.8. The van der Waals surface area contributed by atoms with Gasteiger partial charge in [-0.3, -0.25) is 4.79 Å². The molecule has 2 aromatic rings. The van der Waals surface area contributed by atoms with Crippen molar-refractivity contribution in [2.45, 2.75) is 32.6 Å². The third-order valence-electron chi connectivity index (χ3n) is 4.95. The third-order valence-corrected chi connectivity index (χ3v) is 4.95. The summed E-state index contributed by atoms with van der Waals surface area (Å²) in [5.74, 6) is 1.95. The molecule has 134 valence electrons. The Hall–Kier alpha value is -2.22. The highest BCUT2D eigenvalue weighted by Gasteiger charge is 2.40. The first kappa shape index (κ1) is 16.3. The van der Waals surface area contributed by atoms with Gasteiger partial charge in [0.15, 0.2) is 5.82 Å². The molecule has 4 rings (SSSR count). The van der Waals surface area contributed by atoms with E-state index < -0.39 is 0 Å². The molecule has 1 amide bonds. The van der Waals surface area contributed by atoms with Gasteiger partial charge in [0, 0.05) is 25.6 Å². The van der Waals surface area contributed by atoms with Gasteiger partial charge in [-0.25, -0.2) is 0 Å². The standard InChI is InChI=1S/C17H22N4O4/c1-10-15(9-24-19-10)17(22)21-5-13(8-23-7-12-3-4-12)14(6-21)16-18-11(2)20-25-16/h9,12-14H,3-8H2,1-2H3/t13-,14+/m0/s1. The van der Waals surface area contributed by atoms with Crippen LogP contribution in [0, 0.1) is 25.7 Å². The minimum atomic E-state index is -0.0790. The van der Waals surface area contributed by atoms with Crippen molar-refractivity contribution in [3.05, 3.63) is 29.2 Å². The first-order chi connectivity index (χ1) is 12.1. The van der Waals surface area contributed by atoms with Crippen LogP contribution in [-0.4, -0.2) is 52.4 Å². The average molecular weight is 346 g/mol. The second kappa shape index (κ2) is 6.59. The molecule has 3 heterocycles. The third kappa shape index (κ3) is 3.44. The van der Waals surface area contributed by atoms with Crippen LogP contribution in [0.15, 0.2) is 15.3 Å². The van der Waals surface area contributed by atoms with Crippen molar-refractivity contribution in [1.82, 2.24) is 20.2 Å². The molecule has 8 nitrogen and oxygen atoms in total. The fraction of sp³-hybridized carbons (Fsp3) is 0.647. The molecule has 1 saturated carbocycles. The van der Waals surface area contributed by atoms with Crippen molar-refractivity contribution in [1.29, 1.82) is 0 Å². The number of rotatable bonds is 6. The van der Waals surface area contributed by atoms with Crippen LogP contribution in [0.25, 0.3) is 0 Å². The molecule has 0 spiro atoms. The predicted molar refractivity (Wildman–Crippen MR) is 86.0 cm³/mol. The Morgan fingerprint density at radius 1 is 1.28 bits per heavy atom. The summed E-state index contributed by atoms with van der Waals surface area (Å²) in [5.41, 5.74) is 1.10. The van der Waals surface area contributed by atoms with Crippen LogP contribution in [0.3, 0.4) is 0 Å². The van der Waals surface area contributed by atoms with E-state index in [9.17, 15) is 4.79 Å². The zero-order valence-electron chi connectivity index (χ0n) is 14.5. The molecular formula is C17H22N4O4. The highest BCUT2D eigenvalue weighted by molar-refractivity contribution is 5.95. The first-order valence-electron chi connectivity index (χ1n) is 8.70. The largest absolute Gasteiger partial charge is 0.381 e. The summed E-state index contributed by atoms with van der Waals surface area (Å²) in [4.78, 5) is 18.9. The molecule has 0 aromatic carbocycles. The lowest BCUT2D eigenvalue weighted by atomic mass is 9.97. The van der Waals surface area contributed by atoms with Crippen LogP contribution >= 0.6 is 0 Å². The maximum absolute atomic E-state index is 12.8. The van der Waals surface area contributed by atoms with E-state index >= 15 is 0 Å². The number of amides is 1. The fourth-order valence-electron chi connectivity index (χ4n) is 3.29. The fourth-order valence-corrected chi connectivity index (χ4v) is 3.29. The number of carbonyl (C=O) groups is 1. The lowest BCUT2D eigenvalue weighted by molar-refractivity contribution is 0.0735. The second-order valence-corrected chi connectivity index (χ2v) is 7.05. The highest BCUT2D eigenvalue weighted by Crippen LogP contribution is 2.34. The van der Waals surface area contributed by atoms with Gasteiger partial charge in [0.2, 0.25) is 5.89 Å². The Morgan fingerprint density at radius 2 is 2.12 bits per heavy atom. The Kier molecular flexibility index (Phi) is 4.29. The van der Waals surface area contributed by atoms with E-state index in [4.69, 9.17) is 13.8 Å². The van der Waals surface area contributed by atoms with Crippen LogP contribution in [-0.2, 0) is 4.74 Å². The van der Waals surface area contributed by atoms with Gasteiger partial charge in [-0.15, -0.1) is 0 Å². The molecule has 1 aliphatic carbocycles. The molecule has 2 atom stereocenters. The summed E-state index contributed by atoms with van der Waals surface area (Å²) in [6, 6.07) is 0. The average Bonchev–Trinajstić information content (AvgIpc) is 2.96. The number of likely N-dealkylation sites (tertiary alicyclic amines) is 1. The molecule has 0 N–H and O–H groups in total. The van der Waals surface area contributed by atoms with Crippen molar-refractivity contribution in [3.63, 3.8) is 0 Å². The second-order valence-electron chi connectivity index (χ2n) is 7.05. The molecule has 25 heavy (non-hydrogen) atoms. The van der Waals surface area contributed by atoms with Gasteiger partial charge in [-0.1, -0.05) is 10.3 Å². The molecular weight excluding hydrogens is 324 g/mol. The van der Waals surface area contributed by atoms with Crippen LogP contribution in [0.5, 0.6) is 0 Å². The number of aryl methyl sites for hydroxylation is 2. The number of aromatic nitrogens is 3. The normalized spacial score (nSPS) is 23.4. The Morgan fingerprint density at radius 3 is 2.76 bits per heavy atom. The number of hydrogen-bond donors (Lipinski definition) is 0. The minimum Gasteiger partial charge on any atom is -0.381 e. The summed E-state index contributed by atoms with van der Waals surface area (Å²) in [6.07, 6.45) is 3.92. The first-order valence-corrected chi connectivity index (χ1v) is 8.70. The van der Waals surface area contributed by atoms with Gasteiger partial charge >= 0.3 is 0 Å². The Balaban J connectivity index is 1.48. The van der Waals surface area contributed by atoms with Crippen molar-refractivity contribution < 1.29 is 18.6 Å². The highest BCUT2D eigenvalue weighted by atomic mass is 16.5. The predicted octanol–water partition coefficient (Wildman–Crippen LogP) is 1.96. The number of ether oxygens (including phenoxy) is 1. The maximum Gasteiger partial charge on any atom is 0.259 e. The monoisotopic (exact) mass is 346 g/mol. The van der Waals surface area contributed by atoms with Crippen molar-refractivity contribution in [2.24, 2.45) is 11.8 Å². The smallest absolute Gasteiger partial charge is 0.259 e. The Labute approximate surface area is 145 Å². The van der Waals surface area contributed by atoms with Crippen molar-refractivity contribution in [2.75, 3.05) is 26.3 Å². The lowest BCUT2D eigenvalue weighted by Crippen LogP contribution is -2.29. The van der Waals surface area contributed by atoms with Crippen LogP contribution in [0.4, 0.5) is 0 Å². The van der Waals surface area contributed by atoms with E-state index in [0.29, 0.717) is 48.6 Å². The van der Waals surface area contributed by atoms with Gasteiger partial charge in [-0.05, 0) is 32.6 Å². The molecule has 8 heteroatoms. The molecule has 2 aromatic heterocycles. The van der Waals surface area contributed by atoms with E-state index in [1.807, 2.05) is 0 Å². The summed E-state index contributed by atoms with van der Waals surface area (Å²) >= 11 is 0. The van der Waals surface area contributed by atoms with E-state index in [1.165, 1.54) is 19.1 Å². The van der Waals surface area contributed by atoms with Gasteiger partial charge in [0.25, 0.3) is 5.91 Å². The van der Waals surface area contributed by atoms with Crippen LogP contribution in [0.1, 0.15) is 46.5 Å². The van der Waals surface area contributed by atoms with Crippen molar-refractivity contribution >= 4 is 5.91 Å². The van der Waals surface area contributed by atoms with Gasteiger partial charge in [-0.2, -0.15) is 4.98 Å². The van der Waals surface area contributed by atoms with Crippen LogP contribution < -0.4 is 0 Å². The topological polar surface area (TPSA) is 94.5 Å². The van der Waals surface area contributed by atoms with E-state index in [-0.39, 0.29) is 17.7 Å². The molecule has 1 saturated heterocycles. The summed E-state index contributed by atoms with van der Waals surface area (Å²) < 4.78 is 16.2. The summed E-state index contributed by atoms with van der Waals surface area (Å²) in [5, 5.41) is 7.69. The zero-order chi connectivity index (χ0) is 17.4. The Bertz CT molecular complexity index is 751. The SMILES string of the molecule is Cc1noc([C@@H]2CN(C(=O)c3conc3C)C[C@H]2COCC2CC2)n1.